The Bertz CT molecular complexity index is 636. The molecule has 0 radical (unpaired) electrons. The third kappa shape index (κ3) is 2.16. The van der Waals surface area contributed by atoms with Crippen LogP contribution in [-0.2, 0) is 0 Å². The Morgan fingerprint density at radius 1 is 1.33 bits per heavy atom. The summed E-state index contributed by atoms with van der Waals surface area (Å²) in [6.45, 7) is 4.05. The van der Waals surface area contributed by atoms with Crippen molar-refractivity contribution >= 4 is 39.9 Å². The number of benzene rings is 1. The molecule has 1 aromatic heterocycles. The van der Waals surface area contributed by atoms with Crippen LogP contribution >= 0.6 is 23.2 Å². The van der Waals surface area contributed by atoms with E-state index in [9.17, 15) is 0 Å². The Morgan fingerprint density at radius 2 is 2.00 bits per heavy atom. The van der Waals surface area contributed by atoms with Gasteiger partial charge in [0.25, 0.3) is 0 Å². The Hall–Kier alpha value is -1.32. The van der Waals surface area contributed by atoms with Crippen molar-refractivity contribution in [1.82, 2.24) is 4.98 Å². The average molecular weight is 282 g/mol. The van der Waals surface area contributed by atoms with Gasteiger partial charge < -0.3 is 5.73 Å². The predicted octanol–water partition coefficient (Wildman–Crippen LogP) is 3.95. The second-order valence-electron chi connectivity index (χ2n) is 4.42. The zero-order valence-electron chi connectivity index (χ0n) is 10.1. The van der Waals surface area contributed by atoms with Crippen molar-refractivity contribution in [3.63, 3.8) is 0 Å². The van der Waals surface area contributed by atoms with Gasteiger partial charge in [-0.25, -0.2) is 0 Å². The molecule has 0 amide bonds. The predicted molar refractivity (Wildman–Crippen MR) is 76.9 cm³/mol. The molecule has 2 aromatic rings. The maximum atomic E-state index is 7.65. The first-order chi connectivity index (χ1) is 8.41. The minimum atomic E-state index is 0.00249. The summed E-state index contributed by atoms with van der Waals surface area (Å²) in [5.41, 5.74) is 7.70. The SMILES string of the molecule is CC(C)c1cc(C(=N)N)c2ccc(Cl)c(Cl)c2n1. The number of fused-ring (bicyclic) bond motifs is 1. The lowest BCUT2D eigenvalue weighted by Gasteiger charge is -2.12. The van der Waals surface area contributed by atoms with Crippen molar-refractivity contribution in [1.29, 1.82) is 5.41 Å². The van der Waals surface area contributed by atoms with E-state index in [0.29, 0.717) is 21.1 Å². The van der Waals surface area contributed by atoms with Gasteiger partial charge in [0.2, 0.25) is 0 Å². The Labute approximate surface area is 115 Å². The number of nitrogens with two attached hydrogens (primary N) is 1. The molecule has 0 aliphatic rings. The number of amidine groups is 1. The number of aromatic nitrogens is 1. The van der Waals surface area contributed by atoms with E-state index in [1.165, 1.54) is 0 Å². The normalized spacial score (nSPS) is 11.2. The largest absolute Gasteiger partial charge is 0.384 e. The van der Waals surface area contributed by atoms with Crippen molar-refractivity contribution in [3.8, 4) is 0 Å². The number of nitrogen functional groups attached to an aromatic ring is 1. The quantitative estimate of drug-likeness (QED) is 0.647. The molecule has 2 rings (SSSR count). The summed E-state index contributed by atoms with van der Waals surface area (Å²) in [6.07, 6.45) is 0. The monoisotopic (exact) mass is 281 g/mol. The van der Waals surface area contributed by atoms with Gasteiger partial charge in [-0.1, -0.05) is 43.1 Å². The van der Waals surface area contributed by atoms with Crippen molar-refractivity contribution in [3.05, 3.63) is 39.5 Å². The first-order valence-electron chi connectivity index (χ1n) is 5.55. The fraction of sp³-hybridized carbons (Fsp3) is 0.231. The van der Waals surface area contributed by atoms with E-state index in [-0.39, 0.29) is 11.8 Å². The maximum absolute atomic E-state index is 7.65. The Morgan fingerprint density at radius 3 is 2.56 bits per heavy atom. The van der Waals surface area contributed by atoms with E-state index >= 15 is 0 Å². The first-order valence-corrected chi connectivity index (χ1v) is 6.30. The van der Waals surface area contributed by atoms with Gasteiger partial charge in [-0.2, -0.15) is 0 Å². The van der Waals surface area contributed by atoms with Gasteiger partial charge in [-0.15, -0.1) is 0 Å². The minimum absolute atomic E-state index is 0.00249. The third-order valence-corrected chi connectivity index (χ3v) is 3.57. The lowest BCUT2D eigenvalue weighted by atomic mass is 10.0. The number of halogens is 2. The molecule has 5 heteroatoms. The van der Waals surface area contributed by atoms with Crippen molar-refractivity contribution in [2.75, 3.05) is 0 Å². The van der Waals surface area contributed by atoms with E-state index in [1.54, 1.807) is 12.1 Å². The second kappa shape index (κ2) is 4.75. The van der Waals surface area contributed by atoms with Crippen LogP contribution in [-0.4, -0.2) is 10.8 Å². The van der Waals surface area contributed by atoms with E-state index < -0.39 is 0 Å². The molecule has 0 saturated heterocycles. The summed E-state index contributed by atoms with van der Waals surface area (Å²) in [6, 6.07) is 5.31. The van der Waals surface area contributed by atoms with Crippen molar-refractivity contribution in [2.45, 2.75) is 19.8 Å². The van der Waals surface area contributed by atoms with Crippen LogP contribution in [0, 0.1) is 5.41 Å². The molecule has 3 N–H and O–H groups in total. The summed E-state index contributed by atoms with van der Waals surface area (Å²) in [5, 5.41) is 9.26. The van der Waals surface area contributed by atoms with Crippen LogP contribution < -0.4 is 5.73 Å². The molecule has 94 valence electrons. The van der Waals surface area contributed by atoms with Crippen molar-refractivity contribution < 1.29 is 0 Å². The molecule has 0 aliphatic carbocycles. The van der Waals surface area contributed by atoms with E-state index in [0.717, 1.165) is 11.1 Å². The number of pyridine rings is 1. The lowest BCUT2D eigenvalue weighted by molar-refractivity contribution is 0.829. The third-order valence-electron chi connectivity index (χ3n) is 2.77. The first kappa shape index (κ1) is 13.1. The van der Waals surface area contributed by atoms with Gasteiger partial charge in [-0.05, 0) is 18.1 Å². The average Bonchev–Trinajstić information content (AvgIpc) is 2.32. The number of hydrogen-bond donors (Lipinski definition) is 2. The molecular weight excluding hydrogens is 269 g/mol. The van der Waals surface area contributed by atoms with E-state index in [1.807, 2.05) is 19.9 Å². The molecule has 0 atom stereocenters. The van der Waals surface area contributed by atoms with E-state index in [4.69, 9.17) is 34.3 Å². The van der Waals surface area contributed by atoms with Crippen LogP contribution in [0.5, 0.6) is 0 Å². The van der Waals surface area contributed by atoms with Gasteiger partial charge in [0.1, 0.15) is 5.84 Å². The Kier molecular flexibility index (Phi) is 3.46. The number of nitrogens with zero attached hydrogens (tertiary/aromatic N) is 1. The standard InChI is InChI=1S/C13H13Cl2N3/c1-6(2)10-5-8(13(16)17)7-3-4-9(14)11(15)12(7)18-10/h3-6H,1-2H3,(H3,16,17). The summed E-state index contributed by atoms with van der Waals surface area (Å²) in [5.74, 6) is 0.227. The van der Waals surface area contributed by atoms with Crippen LogP contribution in [0.2, 0.25) is 10.0 Å². The van der Waals surface area contributed by atoms with Crippen LogP contribution in [0.25, 0.3) is 10.9 Å². The van der Waals surface area contributed by atoms with Crippen LogP contribution in [0.4, 0.5) is 0 Å². The molecule has 0 spiro atoms. The van der Waals surface area contributed by atoms with Gasteiger partial charge in [0.15, 0.2) is 0 Å². The molecule has 1 aromatic carbocycles. The molecule has 1 heterocycles. The van der Waals surface area contributed by atoms with Crippen LogP contribution in [0.3, 0.4) is 0 Å². The van der Waals surface area contributed by atoms with Gasteiger partial charge in [-0.3, -0.25) is 10.4 Å². The molecule has 0 bridgehead atoms. The number of rotatable bonds is 2. The zero-order valence-corrected chi connectivity index (χ0v) is 11.6. The lowest BCUT2D eigenvalue weighted by Crippen LogP contribution is -2.13. The van der Waals surface area contributed by atoms with Gasteiger partial charge in [0, 0.05) is 16.6 Å². The topological polar surface area (TPSA) is 62.8 Å². The maximum Gasteiger partial charge on any atom is 0.123 e. The van der Waals surface area contributed by atoms with Gasteiger partial charge in [0.05, 0.1) is 15.6 Å². The highest BCUT2D eigenvalue weighted by atomic mass is 35.5. The molecule has 18 heavy (non-hydrogen) atoms. The van der Waals surface area contributed by atoms with Crippen LogP contribution in [0.15, 0.2) is 18.2 Å². The number of nitrogens with one attached hydrogen (secondary N) is 1. The Balaban J connectivity index is 2.90. The minimum Gasteiger partial charge on any atom is -0.384 e. The summed E-state index contributed by atoms with van der Waals surface area (Å²) < 4.78 is 0. The fourth-order valence-corrected chi connectivity index (χ4v) is 2.13. The highest BCUT2D eigenvalue weighted by molar-refractivity contribution is 6.45. The van der Waals surface area contributed by atoms with E-state index in [2.05, 4.69) is 4.98 Å². The molecule has 0 fully saturated rings. The molecular formula is C13H13Cl2N3. The zero-order chi connectivity index (χ0) is 13.4. The molecule has 0 unspecified atom stereocenters. The summed E-state index contributed by atoms with van der Waals surface area (Å²) in [4.78, 5) is 4.51. The highest BCUT2D eigenvalue weighted by Gasteiger charge is 2.14. The summed E-state index contributed by atoms with van der Waals surface area (Å²) >= 11 is 12.2. The number of hydrogen-bond acceptors (Lipinski definition) is 2. The van der Waals surface area contributed by atoms with Gasteiger partial charge >= 0.3 is 0 Å². The fourth-order valence-electron chi connectivity index (χ4n) is 1.77. The smallest absolute Gasteiger partial charge is 0.123 e. The molecule has 3 nitrogen and oxygen atoms in total. The molecule has 0 saturated carbocycles. The highest BCUT2D eigenvalue weighted by Crippen LogP contribution is 2.32. The molecule has 0 aliphatic heterocycles. The van der Waals surface area contributed by atoms with Crippen molar-refractivity contribution in [2.24, 2.45) is 5.73 Å². The van der Waals surface area contributed by atoms with Crippen LogP contribution in [0.1, 0.15) is 31.0 Å². The second-order valence-corrected chi connectivity index (χ2v) is 5.21. The summed E-state index contributed by atoms with van der Waals surface area (Å²) in [7, 11) is 0.